The summed E-state index contributed by atoms with van der Waals surface area (Å²) in [5.41, 5.74) is -0.928. The third-order valence-corrected chi connectivity index (χ3v) is 2.60. The van der Waals surface area contributed by atoms with Crippen LogP contribution in [0.3, 0.4) is 0 Å². The van der Waals surface area contributed by atoms with E-state index < -0.39 is 39.9 Å². The molecule has 0 unspecified atom stereocenters. The summed E-state index contributed by atoms with van der Waals surface area (Å²) in [6.07, 6.45) is 0. The van der Waals surface area contributed by atoms with Crippen molar-refractivity contribution in [1.29, 1.82) is 0 Å². The molecule has 0 aliphatic heterocycles. The van der Waals surface area contributed by atoms with E-state index in [0.717, 1.165) is 19.2 Å². The van der Waals surface area contributed by atoms with Gasteiger partial charge < -0.3 is 10.1 Å². The van der Waals surface area contributed by atoms with Crippen molar-refractivity contribution >= 4 is 17.6 Å². The van der Waals surface area contributed by atoms with E-state index in [1.165, 1.54) is 13.8 Å². The van der Waals surface area contributed by atoms with Crippen LogP contribution in [0, 0.1) is 22.9 Å². The monoisotopic (exact) mass is 284 g/mol. The maximum absolute atomic E-state index is 13.8. The van der Waals surface area contributed by atoms with Gasteiger partial charge >= 0.3 is 5.97 Å². The molecule has 0 aromatic heterocycles. The van der Waals surface area contributed by atoms with Gasteiger partial charge in [-0.15, -0.1) is 0 Å². The second-order valence-corrected chi connectivity index (χ2v) is 4.10. The highest BCUT2D eigenvalue weighted by atomic mass is 19.1. The lowest BCUT2D eigenvalue weighted by molar-refractivity contribution is -0.385. The number of benzene rings is 1. The van der Waals surface area contributed by atoms with Crippen LogP contribution >= 0.6 is 0 Å². The van der Waals surface area contributed by atoms with Crippen LogP contribution in [0.1, 0.15) is 22.8 Å². The van der Waals surface area contributed by atoms with Crippen LogP contribution in [0.25, 0.3) is 0 Å². The van der Waals surface area contributed by atoms with Crippen LogP contribution in [0.2, 0.25) is 0 Å². The Hall–Kier alpha value is -2.51. The van der Waals surface area contributed by atoms with Gasteiger partial charge in [0.25, 0.3) is 11.6 Å². The van der Waals surface area contributed by atoms with Crippen LogP contribution in [-0.4, -0.2) is 30.0 Å². The molecule has 0 radical (unpaired) electrons. The van der Waals surface area contributed by atoms with E-state index in [0.29, 0.717) is 0 Å². The molecule has 8 heteroatoms. The van der Waals surface area contributed by atoms with Crippen LogP contribution in [0.4, 0.5) is 10.1 Å². The summed E-state index contributed by atoms with van der Waals surface area (Å²) >= 11 is 0. The molecule has 0 aliphatic carbocycles. The van der Waals surface area contributed by atoms with E-state index >= 15 is 0 Å². The first-order valence-electron chi connectivity index (χ1n) is 5.61. The van der Waals surface area contributed by atoms with Gasteiger partial charge in [0.05, 0.1) is 17.6 Å². The molecule has 1 aromatic rings. The smallest absolute Gasteiger partial charge is 0.328 e. The maximum Gasteiger partial charge on any atom is 0.328 e. The zero-order chi connectivity index (χ0) is 15.4. The molecule has 0 bridgehead atoms. The highest BCUT2D eigenvalue weighted by Gasteiger charge is 2.23. The molecule has 1 N–H and O–H groups in total. The van der Waals surface area contributed by atoms with Crippen molar-refractivity contribution in [3.63, 3.8) is 0 Å². The summed E-state index contributed by atoms with van der Waals surface area (Å²) in [5.74, 6) is -2.50. The fourth-order valence-electron chi connectivity index (χ4n) is 1.53. The Kier molecular flexibility index (Phi) is 4.73. The molecular formula is C12H13FN2O5. The van der Waals surface area contributed by atoms with Gasteiger partial charge in [-0.05, 0) is 19.4 Å². The van der Waals surface area contributed by atoms with E-state index in [1.54, 1.807) is 0 Å². The van der Waals surface area contributed by atoms with Crippen LogP contribution < -0.4 is 5.32 Å². The number of nitrogens with one attached hydrogen (secondary N) is 1. The number of methoxy groups -OCH3 is 1. The van der Waals surface area contributed by atoms with Gasteiger partial charge in [-0.3, -0.25) is 14.9 Å². The Balaban J connectivity index is 3.09. The van der Waals surface area contributed by atoms with Crippen molar-refractivity contribution in [3.05, 3.63) is 39.2 Å². The molecule has 1 aromatic carbocycles. The third-order valence-electron chi connectivity index (χ3n) is 2.60. The number of hydrogen-bond acceptors (Lipinski definition) is 5. The van der Waals surface area contributed by atoms with Crippen LogP contribution in [0.15, 0.2) is 12.1 Å². The first-order valence-corrected chi connectivity index (χ1v) is 5.61. The largest absolute Gasteiger partial charge is 0.467 e. The molecule has 7 nitrogen and oxygen atoms in total. The second-order valence-electron chi connectivity index (χ2n) is 4.10. The van der Waals surface area contributed by atoms with Gasteiger partial charge in [0.15, 0.2) is 0 Å². The molecular weight excluding hydrogens is 271 g/mol. The summed E-state index contributed by atoms with van der Waals surface area (Å²) in [4.78, 5) is 33.0. The lowest BCUT2D eigenvalue weighted by Crippen LogP contribution is -2.39. The van der Waals surface area contributed by atoms with Gasteiger partial charge in [0.1, 0.15) is 11.9 Å². The number of carbonyl (C=O) groups excluding carboxylic acids is 2. The molecule has 20 heavy (non-hydrogen) atoms. The van der Waals surface area contributed by atoms with Crippen molar-refractivity contribution in [3.8, 4) is 0 Å². The van der Waals surface area contributed by atoms with E-state index in [9.17, 15) is 24.1 Å². The van der Waals surface area contributed by atoms with E-state index in [2.05, 4.69) is 10.1 Å². The summed E-state index contributed by atoms with van der Waals surface area (Å²) in [6, 6.07) is 0.851. The Morgan fingerprint density at radius 3 is 2.55 bits per heavy atom. The van der Waals surface area contributed by atoms with Gasteiger partial charge in [0, 0.05) is 12.1 Å². The number of nitrogens with zero attached hydrogens (tertiary/aromatic N) is 1. The molecule has 0 fully saturated rings. The summed E-state index contributed by atoms with van der Waals surface area (Å²) in [6.45, 7) is 2.66. The van der Waals surface area contributed by atoms with Gasteiger partial charge in [0.2, 0.25) is 0 Å². The number of halogens is 1. The summed E-state index contributed by atoms with van der Waals surface area (Å²) < 4.78 is 18.2. The lowest BCUT2D eigenvalue weighted by atomic mass is 10.1. The van der Waals surface area contributed by atoms with Crippen LogP contribution in [-0.2, 0) is 9.53 Å². The number of non-ortho nitro benzene ring substituents is 1. The minimum Gasteiger partial charge on any atom is -0.467 e. The average molecular weight is 284 g/mol. The number of nitro benzene ring substituents is 1. The Morgan fingerprint density at radius 1 is 1.45 bits per heavy atom. The zero-order valence-corrected chi connectivity index (χ0v) is 11.1. The Bertz CT molecular complexity index is 573. The number of aryl methyl sites for hydroxylation is 1. The molecule has 0 saturated heterocycles. The minimum atomic E-state index is -0.994. The number of hydrogen-bond donors (Lipinski definition) is 1. The first-order chi connectivity index (χ1) is 9.27. The zero-order valence-electron chi connectivity index (χ0n) is 11.1. The van der Waals surface area contributed by atoms with Crippen molar-refractivity contribution in [2.45, 2.75) is 19.9 Å². The highest BCUT2D eigenvalue weighted by Crippen LogP contribution is 2.21. The summed E-state index contributed by atoms with van der Waals surface area (Å²) in [5, 5.41) is 12.9. The number of ether oxygens (including phenoxy) is 1. The van der Waals surface area contributed by atoms with Crippen molar-refractivity contribution in [2.24, 2.45) is 0 Å². The van der Waals surface area contributed by atoms with Crippen molar-refractivity contribution < 1.29 is 23.6 Å². The standard InChI is InChI=1S/C12H13FN2O5/c1-6-4-8(15(18)19)5-9(10(6)13)11(16)14-7(2)12(17)20-3/h4-5,7H,1-3H3,(H,14,16)/t7-/m0/s1. The number of nitro groups is 1. The quantitative estimate of drug-likeness (QED) is 0.511. The summed E-state index contributed by atoms with van der Waals surface area (Å²) in [7, 11) is 1.14. The molecule has 108 valence electrons. The van der Waals surface area contributed by atoms with Crippen molar-refractivity contribution in [1.82, 2.24) is 5.32 Å². The number of amides is 1. The van der Waals surface area contributed by atoms with Crippen LogP contribution in [0.5, 0.6) is 0 Å². The molecule has 0 aliphatic rings. The molecule has 0 spiro atoms. The Labute approximate surface area is 113 Å². The van der Waals surface area contributed by atoms with E-state index in [4.69, 9.17) is 0 Å². The fraction of sp³-hybridized carbons (Fsp3) is 0.333. The average Bonchev–Trinajstić information content (AvgIpc) is 2.39. The Morgan fingerprint density at radius 2 is 2.05 bits per heavy atom. The predicted molar refractivity (Wildman–Crippen MR) is 66.7 cm³/mol. The third kappa shape index (κ3) is 3.28. The molecule has 1 amide bonds. The number of esters is 1. The van der Waals surface area contributed by atoms with Gasteiger partial charge in [-0.1, -0.05) is 0 Å². The van der Waals surface area contributed by atoms with E-state index in [-0.39, 0.29) is 5.56 Å². The fourth-order valence-corrected chi connectivity index (χ4v) is 1.53. The first kappa shape index (κ1) is 15.5. The second kappa shape index (κ2) is 6.09. The topological polar surface area (TPSA) is 98.5 Å². The molecule has 0 heterocycles. The van der Waals surface area contributed by atoms with Gasteiger partial charge in [-0.2, -0.15) is 0 Å². The number of carbonyl (C=O) groups is 2. The van der Waals surface area contributed by atoms with Crippen molar-refractivity contribution in [2.75, 3.05) is 7.11 Å². The molecule has 1 atom stereocenters. The lowest BCUT2D eigenvalue weighted by Gasteiger charge is -2.12. The predicted octanol–water partition coefficient (Wildman–Crippen LogP) is 1.33. The van der Waals surface area contributed by atoms with E-state index in [1.807, 2.05) is 0 Å². The minimum absolute atomic E-state index is 0.0323. The normalized spacial score (nSPS) is 11.6. The molecule has 0 saturated carbocycles. The highest BCUT2D eigenvalue weighted by molar-refractivity contribution is 5.97. The number of rotatable bonds is 4. The van der Waals surface area contributed by atoms with Gasteiger partial charge in [-0.25, -0.2) is 9.18 Å². The SMILES string of the molecule is COC(=O)[C@H](C)NC(=O)c1cc([N+](=O)[O-])cc(C)c1F. The molecule has 1 rings (SSSR count). The maximum atomic E-state index is 13.8.